The van der Waals surface area contributed by atoms with Crippen molar-refractivity contribution >= 4 is 23.4 Å². The summed E-state index contributed by atoms with van der Waals surface area (Å²) in [7, 11) is 3.22. The van der Waals surface area contributed by atoms with Crippen LogP contribution in [0.2, 0.25) is 0 Å². The molecule has 3 aromatic rings. The largest absolute Gasteiger partial charge is 0.493 e. The number of ether oxygens (including phenoxy) is 2. The molecule has 0 aliphatic rings. The van der Waals surface area contributed by atoms with Crippen LogP contribution in [0.4, 0.5) is 11.6 Å². The molecule has 0 radical (unpaired) electrons. The number of anilines is 2. The van der Waals surface area contributed by atoms with Crippen LogP contribution >= 0.6 is 11.8 Å². The molecule has 1 aromatic heterocycles. The van der Waals surface area contributed by atoms with Crippen molar-refractivity contribution in [3.8, 4) is 11.5 Å². The molecule has 0 unspecified atom stereocenters. The van der Waals surface area contributed by atoms with Crippen molar-refractivity contribution in [2.75, 3.05) is 19.5 Å². The Kier molecular flexibility index (Phi) is 5.45. The van der Waals surface area contributed by atoms with Crippen LogP contribution in [0.3, 0.4) is 0 Å². The number of thioether (sulfide) groups is 1. The normalized spacial score (nSPS) is 10.5. The number of nitrogens with zero attached hydrogens (tertiary/aromatic N) is 2. The Morgan fingerprint density at radius 1 is 1.08 bits per heavy atom. The lowest BCUT2D eigenvalue weighted by atomic mass is 10.1. The van der Waals surface area contributed by atoms with E-state index in [0.29, 0.717) is 22.6 Å². The minimum Gasteiger partial charge on any atom is -0.493 e. The third-order valence-corrected chi connectivity index (χ3v) is 4.63. The van der Waals surface area contributed by atoms with E-state index in [9.17, 15) is 0 Å². The van der Waals surface area contributed by atoms with E-state index >= 15 is 0 Å². The molecule has 0 amide bonds. The first-order valence-corrected chi connectivity index (χ1v) is 8.77. The van der Waals surface area contributed by atoms with Crippen molar-refractivity contribution < 1.29 is 9.47 Å². The predicted octanol–water partition coefficient (Wildman–Crippen LogP) is 4.17. The molecule has 2 N–H and O–H groups in total. The number of aryl methyl sites for hydroxylation is 1. The second kappa shape index (κ2) is 7.94. The summed E-state index contributed by atoms with van der Waals surface area (Å²) in [5.74, 6) is 2.75. The molecule has 0 saturated heterocycles. The highest BCUT2D eigenvalue weighted by Gasteiger charge is 2.08. The van der Waals surface area contributed by atoms with Crippen molar-refractivity contribution in [2.45, 2.75) is 17.8 Å². The number of hydrogen-bond donors (Lipinski definition) is 2. The number of rotatable bonds is 7. The zero-order valence-corrected chi connectivity index (χ0v) is 15.2. The molecule has 25 heavy (non-hydrogen) atoms. The minimum atomic E-state index is 0.583. The van der Waals surface area contributed by atoms with E-state index in [0.717, 1.165) is 11.4 Å². The van der Waals surface area contributed by atoms with Gasteiger partial charge in [-0.3, -0.25) is 0 Å². The number of benzene rings is 2. The first-order chi connectivity index (χ1) is 12.2. The number of nitrogens with one attached hydrogen (secondary N) is 2. The molecule has 7 heteroatoms. The number of methoxy groups -OCH3 is 2. The lowest BCUT2D eigenvalue weighted by Crippen LogP contribution is -1.95. The van der Waals surface area contributed by atoms with Crippen molar-refractivity contribution in [1.82, 2.24) is 15.2 Å². The molecule has 0 aliphatic heterocycles. The molecule has 6 nitrogen and oxygen atoms in total. The molecule has 0 saturated carbocycles. The summed E-state index contributed by atoms with van der Waals surface area (Å²) in [5.41, 5.74) is 3.39. The van der Waals surface area contributed by atoms with Gasteiger partial charge in [0, 0.05) is 17.5 Å². The van der Waals surface area contributed by atoms with Gasteiger partial charge in [-0.15, -0.1) is 5.10 Å². The van der Waals surface area contributed by atoms with E-state index < -0.39 is 0 Å². The number of hydrogen-bond acceptors (Lipinski definition) is 6. The average Bonchev–Trinajstić information content (AvgIpc) is 3.08. The second-order valence-electron chi connectivity index (χ2n) is 5.38. The summed E-state index contributed by atoms with van der Waals surface area (Å²) in [6, 6.07) is 13.9. The molecule has 130 valence electrons. The van der Waals surface area contributed by atoms with Crippen LogP contribution in [-0.4, -0.2) is 29.4 Å². The molecule has 0 fully saturated rings. The average molecular weight is 356 g/mol. The van der Waals surface area contributed by atoms with Gasteiger partial charge < -0.3 is 14.8 Å². The lowest BCUT2D eigenvalue weighted by molar-refractivity contribution is 0.355. The van der Waals surface area contributed by atoms with E-state index in [-0.39, 0.29) is 0 Å². The maximum absolute atomic E-state index is 5.30. The van der Waals surface area contributed by atoms with Gasteiger partial charge in [-0.1, -0.05) is 36.0 Å². The Balaban J connectivity index is 1.65. The highest BCUT2D eigenvalue weighted by atomic mass is 32.2. The van der Waals surface area contributed by atoms with Crippen LogP contribution in [0.25, 0.3) is 0 Å². The maximum Gasteiger partial charge on any atom is 0.223 e. The molecule has 0 spiro atoms. The Morgan fingerprint density at radius 2 is 1.88 bits per heavy atom. The van der Waals surface area contributed by atoms with E-state index in [1.54, 1.807) is 26.0 Å². The van der Waals surface area contributed by atoms with E-state index in [1.165, 1.54) is 11.1 Å². The number of aromatic amines is 1. The van der Waals surface area contributed by atoms with Crippen LogP contribution in [0, 0.1) is 6.92 Å². The molecular formula is C18H20N4O2S. The van der Waals surface area contributed by atoms with Gasteiger partial charge in [-0.05, 0) is 30.2 Å². The molecule has 0 aliphatic carbocycles. The van der Waals surface area contributed by atoms with E-state index in [4.69, 9.17) is 9.47 Å². The van der Waals surface area contributed by atoms with Crippen LogP contribution in [0.5, 0.6) is 11.5 Å². The highest BCUT2D eigenvalue weighted by Crippen LogP contribution is 2.31. The van der Waals surface area contributed by atoms with Crippen molar-refractivity contribution in [3.05, 3.63) is 53.6 Å². The minimum absolute atomic E-state index is 0.583. The van der Waals surface area contributed by atoms with Gasteiger partial charge in [-0.25, -0.2) is 5.10 Å². The zero-order chi connectivity index (χ0) is 17.6. The topological polar surface area (TPSA) is 72.1 Å². The molecule has 0 atom stereocenters. The highest BCUT2D eigenvalue weighted by molar-refractivity contribution is 7.98. The Morgan fingerprint density at radius 3 is 2.64 bits per heavy atom. The first-order valence-electron chi connectivity index (χ1n) is 7.78. The molecule has 0 bridgehead atoms. The summed E-state index contributed by atoms with van der Waals surface area (Å²) >= 11 is 1.59. The molecule has 1 heterocycles. The van der Waals surface area contributed by atoms with Crippen LogP contribution in [0.15, 0.2) is 47.6 Å². The predicted molar refractivity (Wildman–Crippen MR) is 100.0 cm³/mol. The monoisotopic (exact) mass is 356 g/mol. The summed E-state index contributed by atoms with van der Waals surface area (Å²) in [4.78, 5) is 4.46. The third kappa shape index (κ3) is 4.24. The fraction of sp³-hybridized carbons (Fsp3) is 0.222. The maximum atomic E-state index is 5.30. The second-order valence-corrected chi connectivity index (χ2v) is 6.32. The van der Waals surface area contributed by atoms with Crippen LogP contribution < -0.4 is 14.8 Å². The van der Waals surface area contributed by atoms with Crippen molar-refractivity contribution in [2.24, 2.45) is 0 Å². The van der Waals surface area contributed by atoms with Gasteiger partial charge in [-0.2, -0.15) is 4.98 Å². The standard InChI is InChI=1S/C18H20N4O2S/c1-12-6-4-5-7-13(12)11-25-18-20-17(21-22-18)19-14-8-9-15(23-2)16(10-14)24-3/h4-10H,11H2,1-3H3,(H2,19,20,21,22). The lowest BCUT2D eigenvalue weighted by Gasteiger charge is -2.09. The third-order valence-electron chi connectivity index (χ3n) is 3.73. The van der Waals surface area contributed by atoms with Gasteiger partial charge >= 0.3 is 0 Å². The van der Waals surface area contributed by atoms with Crippen LogP contribution in [-0.2, 0) is 5.75 Å². The zero-order valence-electron chi connectivity index (χ0n) is 14.4. The van der Waals surface area contributed by atoms with Gasteiger partial charge in [0.15, 0.2) is 11.5 Å². The Hall–Kier alpha value is -2.67. The first kappa shape index (κ1) is 17.2. The summed E-state index contributed by atoms with van der Waals surface area (Å²) < 4.78 is 10.5. The smallest absolute Gasteiger partial charge is 0.223 e. The van der Waals surface area contributed by atoms with Gasteiger partial charge in [0.05, 0.1) is 14.2 Å². The van der Waals surface area contributed by atoms with Gasteiger partial charge in [0.2, 0.25) is 11.1 Å². The molecule has 3 rings (SSSR count). The number of aromatic nitrogens is 3. The van der Waals surface area contributed by atoms with E-state index in [2.05, 4.69) is 39.6 Å². The summed E-state index contributed by atoms with van der Waals surface area (Å²) in [6.45, 7) is 2.11. The summed E-state index contributed by atoms with van der Waals surface area (Å²) in [5, 5.41) is 11.0. The SMILES string of the molecule is COc1ccc(Nc2nc(SCc3ccccc3C)n[nH]2)cc1OC. The molecular weight excluding hydrogens is 336 g/mol. The Labute approximate surface area is 151 Å². The van der Waals surface area contributed by atoms with Gasteiger partial charge in [0.1, 0.15) is 0 Å². The van der Waals surface area contributed by atoms with Crippen molar-refractivity contribution in [3.63, 3.8) is 0 Å². The fourth-order valence-corrected chi connectivity index (χ4v) is 3.21. The molecule has 2 aromatic carbocycles. The van der Waals surface area contributed by atoms with E-state index in [1.807, 2.05) is 30.3 Å². The van der Waals surface area contributed by atoms with Crippen molar-refractivity contribution in [1.29, 1.82) is 0 Å². The van der Waals surface area contributed by atoms with Gasteiger partial charge in [0.25, 0.3) is 0 Å². The quantitative estimate of drug-likeness (QED) is 0.619. The Bertz CT molecular complexity index is 851. The van der Waals surface area contributed by atoms with Crippen LogP contribution in [0.1, 0.15) is 11.1 Å². The number of H-pyrrole nitrogens is 1. The summed E-state index contributed by atoms with van der Waals surface area (Å²) in [6.07, 6.45) is 0. The fourth-order valence-electron chi connectivity index (χ4n) is 2.33.